The Balaban J connectivity index is 1.19. The van der Waals surface area contributed by atoms with Crippen LogP contribution in [-0.2, 0) is 16.1 Å². The molecule has 0 aromatic heterocycles. The predicted molar refractivity (Wildman–Crippen MR) is 172 cm³/mol. The minimum absolute atomic E-state index is 0.0768. The number of amides is 3. The van der Waals surface area contributed by atoms with Gasteiger partial charge in [-0.3, -0.25) is 14.4 Å². The van der Waals surface area contributed by atoms with E-state index in [1.165, 1.54) is 4.90 Å². The summed E-state index contributed by atoms with van der Waals surface area (Å²) in [6, 6.07) is 20.3. The van der Waals surface area contributed by atoms with Crippen LogP contribution < -0.4 is 15.0 Å². The first kappa shape index (κ1) is 30.6. The second-order valence-corrected chi connectivity index (χ2v) is 12.3. The van der Waals surface area contributed by atoms with Crippen LogP contribution in [-0.4, -0.2) is 104 Å². The largest absolute Gasteiger partial charge is 0.457 e. The van der Waals surface area contributed by atoms with E-state index in [2.05, 4.69) is 22.2 Å². The zero-order valence-corrected chi connectivity index (χ0v) is 26.2. The number of likely N-dealkylation sites (N-methyl/N-ethyl adjacent to an activating group) is 2. The quantitative estimate of drug-likeness (QED) is 0.474. The number of ether oxygens (including phenoxy) is 2. The molecule has 0 spiro atoms. The summed E-state index contributed by atoms with van der Waals surface area (Å²) in [6.07, 6.45) is 0.246. The van der Waals surface area contributed by atoms with Gasteiger partial charge in [0, 0.05) is 63.1 Å². The number of hydrogen-bond acceptors (Lipinski definition) is 7. The normalized spacial score (nSPS) is 21.5. The number of nitrogens with one attached hydrogen (secondary N) is 1. The van der Waals surface area contributed by atoms with E-state index in [0.29, 0.717) is 48.7 Å². The van der Waals surface area contributed by atoms with Gasteiger partial charge in [-0.15, -0.1) is 0 Å². The van der Waals surface area contributed by atoms with E-state index in [0.717, 1.165) is 43.0 Å². The van der Waals surface area contributed by atoms with Gasteiger partial charge in [-0.25, -0.2) is 0 Å². The zero-order valence-electron chi connectivity index (χ0n) is 26.2. The third-order valence-electron chi connectivity index (χ3n) is 8.92. The molecule has 2 saturated heterocycles. The minimum Gasteiger partial charge on any atom is -0.457 e. The standard InChI is InChI=1S/C35H41N5O5/c1-24-7-8-27-20-32(24)45-29-6-4-5-25(19-29)23-44-31-13-14-40(21-30(31)36-33(41)22-38(3)34(27)42)35(43)26-9-11-28(12-10-26)39-17-15-37(2)16-18-39/h4-12,19-20,30-31H,13-18,21-23H2,1-3H3,(H,36,41)/t30-,31+/m0/s1. The molecule has 0 aliphatic carbocycles. The molecule has 3 aliphatic rings. The fourth-order valence-electron chi connectivity index (χ4n) is 6.15. The Morgan fingerprint density at radius 3 is 2.47 bits per heavy atom. The zero-order chi connectivity index (χ0) is 31.5. The van der Waals surface area contributed by atoms with Crippen LogP contribution in [0.3, 0.4) is 0 Å². The number of rotatable bonds is 2. The third kappa shape index (κ3) is 7.13. The number of carbonyl (C=O) groups excluding carboxylic acids is 3. The van der Waals surface area contributed by atoms with Gasteiger partial charge in [0.1, 0.15) is 11.5 Å². The van der Waals surface area contributed by atoms with Gasteiger partial charge in [0.2, 0.25) is 5.91 Å². The van der Waals surface area contributed by atoms with E-state index in [9.17, 15) is 14.4 Å². The first-order chi connectivity index (χ1) is 21.7. The van der Waals surface area contributed by atoms with E-state index >= 15 is 0 Å². The maximum absolute atomic E-state index is 13.6. The van der Waals surface area contributed by atoms with Crippen molar-refractivity contribution in [1.29, 1.82) is 0 Å². The number of piperazine rings is 1. The maximum Gasteiger partial charge on any atom is 0.254 e. The van der Waals surface area contributed by atoms with Crippen molar-refractivity contribution in [3.05, 3.63) is 89.0 Å². The summed E-state index contributed by atoms with van der Waals surface area (Å²) in [6.45, 7) is 6.88. The molecule has 10 heteroatoms. The maximum atomic E-state index is 13.6. The van der Waals surface area contributed by atoms with Crippen LogP contribution >= 0.6 is 0 Å². The molecule has 3 aromatic rings. The molecule has 3 aliphatic heterocycles. The number of hydrogen-bond donors (Lipinski definition) is 1. The summed E-state index contributed by atoms with van der Waals surface area (Å²) in [5, 5.41) is 3.08. The van der Waals surface area contributed by atoms with Crippen molar-refractivity contribution in [2.24, 2.45) is 0 Å². The third-order valence-corrected chi connectivity index (χ3v) is 8.92. The van der Waals surface area contributed by atoms with E-state index < -0.39 is 6.04 Å². The van der Waals surface area contributed by atoms with Gasteiger partial charge in [0.05, 0.1) is 25.3 Å². The molecule has 45 heavy (non-hydrogen) atoms. The van der Waals surface area contributed by atoms with Crippen molar-refractivity contribution in [2.75, 3.05) is 64.8 Å². The number of carbonyl (C=O) groups is 3. The van der Waals surface area contributed by atoms with Crippen molar-refractivity contribution in [2.45, 2.75) is 32.1 Å². The molecule has 0 saturated carbocycles. The average molecular weight is 612 g/mol. The van der Waals surface area contributed by atoms with Crippen molar-refractivity contribution in [3.8, 4) is 11.5 Å². The van der Waals surface area contributed by atoms with Crippen molar-refractivity contribution in [1.82, 2.24) is 20.0 Å². The number of benzene rings is 3. The number of fused-ring (bicyclic) bond motifs is 5. The molecular weight excluding hydrogens is 570 g/mol. The lowest BCUT2D eigenvalue weighted by molar-refractivity contribution is -0.124. The molecule has 0 radical (unpaired) electrons. The van der Waals surface area contributed by atoms with E-state index in [1.54, 1.807) is 24.1 Å². The molecule has 2 atom stereocenters. The van der Waals surface area contributed by atoms with Gasteiger partial charge < -0.3 is 34.4 Å². The van der Waals surface area contributed by atoms with Crippen LogP contribution in [0.5, 0.6) is 11.5 Å². The van der Waals surface area contributed by atoms with Crippen LogP contribution in [0.2, 0.25) is 0 Å². The number of anilines is 1. The SMILES string of the molecule is Cc1ccc2cc1Oc1cccc(c1)CO[C@@H]1CCN(C(=O)c3ccc(N4CCN(C)CC4)cc3)C[C@@H]1NC(=O)CN(C)C2=O. The van der Waals surface area contributed by atoms with Crippen LogP contribution in [0.15, 0.2) is 66.7 Å². The van der Waals surface area contributed by atoms with E-state index in [-0.39, 0.29) is 30.4 Å². The van der Waals surface area contributed by atoms with E-state index in [1.807, 2.05) is 61.5 Å². The molecule has 3 aromatic carbocycles. The highest BCUT2D eigenvalue weighted by Crippen LogP contribution is 2.28. The molecule has 236 valence electrons. The first-order valence-corrected chi connectivity index (χ1v) is 15.6. The molecule has 10 nitrogen and oxygen atoms in total. The van der Waals surface area contributed by atoms with Gasteiger partial charge in [-0.05, 0) is 80.1 Å². The van der Waals surface area contributed by atoms with Crippen LogP contribution in [0.1, 0.15) is 38.3 Å². The summed E-state index contributed by atoms with van der Waals surface area (Å²) >= 11 is 0. The fourth-order valence-corrected chi connectivity index (χ4v) is 6.15. The number of aryl methyl sites for hydroxylation is 1. The van der Waals surface area contributed by atoms with Gasteiger partial charge in [-0.2, -0.15) is 0 Å². The number of nitrogens with zero attached hydrogens (tertiary/aromatic N) is 4. The molecule has 1 N–H and O–H groups in total. The Morgan fingerprint density at radius 1 is 0.911 bits per heavy atom. The molecule has 4 bridgehead atoms. The average Bonchev–Trinajstić information content (AvgIpc) is 3.04. The van der Waals surface area contributed by atoms with Crippen molar-refractivity contribution < 1.29 is 23.9 Å². The Labute approximate surface area is 264 Å². The number of piperidine rings is 1. The molecule has 6 rings (SSSR count). The molecule has 0 unspecified atom stereocenters. The van der Waals surface area contributed by atoms with Crippen LogP contribution in [0.4, 0.5) is 5.69 Å². The summed E-state index contributed by atoms with van der Waals surface area (Å²) < 4.78 is 12.6. The lowest BCUT2D eigenvalue weighted by atomic mass is 10.00. The highest BCUT2D eigenvalue weighted by Gasteiger charge is 2.34. The summed E-state index contributed by atoms with van der Waals surface area (Å²) in [5.41, 5.74) is 3.99. The Kier molecular flexibility index (Phi) is 9.04. The molecule has 3 amide bonds. The predicted octanol–water partition coefficient (Wildman–Crippen LogP) is 3.54. The molecule has 2 fully saturated rings. The summed E-state index contributed by atoms with van der Waals surface area (Å²) in [7, 11) is 3.73. The smallest absolute Gasteiger partial charge is 0.254 e. The Hall–Kier alpha value is -4.41. The highest BCUT2D eigenvalue weighted by molar-refractivity contribution is 5.97. The Morgan fingerprint density at radius 2 is 1.69 bits per heavy atom. The molecule has 3 heterocycles. The van der Waals surface area contributed by atoms with Crippen LogP contribution in [0, 0.1) is 6.92 Å². The van der Waals surface area contributed by atoms with Gasteiger partial charge in [0.25, 0.3) is 11.8 Å². The van der Waals surface area contributed by atoms with Gasteiger partial charge in [0.15, 0.2) is 0 Å². The Bertz CT molecular complexity index is 1550. The highest BCUT2D eigenvalue weighted by atomic mass is 16.5. The summed E-state index contributed by atoms with van der Waals surface area (Å²) in [5.74, 6) is 0.548. The first-order valence-electron chi connectivity index (χ1n) is 15.6. The monoisotopic (exact) mass is 611 g/mol. The minimum atomic E-state index is -0.443. The lowest BCUT2D eigenvalue weighted by Crippen LogP contribution is -2.58. The van der Waals surface area contributed by atoms with Crippen LogP contribution in [0.25, 0.3) is 0 Å². The lowest BCUT2D eigenvalue weighted by Gasteiger charge is -2.39. The van der Waals surface area contributed by atoms with Crippen molar-refractivity contribution >= 4 is 23.4 Å². The number of likely N-dealkylation sites (tertiary alicyclic amines) is 1. The van der Waals surface area contributed by atoms with Gasteiger partial charge in [-0.1, -0.05) is 18.2 Å². The molecular formula is C35H41N5O5. The van der Waals surface area contributed by atoms with E-state index in [4.69, 9.17) is 9.47 Å². The van der Waals surface area contributed by atoms with Crippen molar-refractivity contribution in [3.63, 3.8) is 0 Å². The second kappa shape index (κ2) is 13.3. The topological polar surface area (TPSA) is 94.7 Å². The summed E-state index contributed by atoms with van der Waals surface area (Å²) in [4.78, 5) is 48.0. The second-order valence-electron chi connectivity index (χ2n) is 12.3. The fraction of sp³-hybridized carbons (Fsp3) is 0.400. The van der Waals surface area contributed by atoms with Gasteiger partial charge >= 0.3 is 0 Å².